The monoisotopic (exact) mass is 410 g/mol. The van der Waals surface area contributed by atoms with E-state index in [0.717, 1.165) is 34.7 Å². The van der Waals surface area contributed by atoms with Crippen LogP contribution in [0.3, 0.4) is 0 Å². The van der Waals surface area contributed by atoms with E-state index in [1.165, 1.54) is 24.2 Å². The Morgan fingerprint density at radius 3 is 2.52 bits per heavy atom. The van der Waals surface area contributed by atoms with Gasteiger partial charge in [-0.3, -0.25) is 4.79 Å². The molecule has 0 saturated carbocycles. The zero-order chi connectivity index (χ0) is 20.4. The van der Waals surface area contributed by atoms with E-state index in [4.69, 9.17) is 9.47 Å². The molecule has 0 unspecified atom stereocenters. The van der Waals surface area contributed by atoms with Gasteiger partial charge in [-0.1, -0.05) is 11.3 Å². The molecule has 7 nitrogen and oxygen atoms in total. The van der Waals surface area contributed by atoms with Crippen molar-refractivity contribution in [1.82, 2.24) is 4.98 Å². The number of hydrogen-bond acceptors (Lipinski definition) is 8. The van der Waals surface area contributed by atoms with Crippen LogP contribution < -0.4 is 14.4 Å². The first kappa shape index (κ1) is 19.3. The average Bonchev–Trinajstić information content (AvgIpc) is 3.40. The highest BCUT2D eigenvalue weighted by atomic mass is 32.1. The quantitative estimate of drug-likeness (QED) is 0.394. The highest BCUT2D eigenvalue weighted by Crippen LogP contribution is 2.42. The molecule has 4 rings (SSSR count). The van der Waals surface area contributed by atoms with Gasteiger partial charge in [0, 0.05) is 30.8 Å². The van der Waals surface area contributed by atoms with Crippen molar-refractivity contribution in [3.05, 3.63) is 35.9 Å². The second-order valence-electron chi connectivity index (χ2n) is 6.83. The van der Waals surface area contributed by atoms with Crippen molar-refractivity contribution in [1.29, 1.82) is 0 Å². The van der Waals surface area contributed by atoms with Crippen LogP contribution in [0.1, 0.15) is 30.1 Å². The summed E-state index contributed by atoms with van der Waals surface area (Å²) in [5.41, 5.74) is 3.05. The lowest BCUT2D eigenvalue weighted by Crippen LogP contribution is -2.18. The number of fused-ring (bicyclic) bond motifs is 1. The summed E-state index contributed by atoms with van der Waals surface area (Å²) in [7, 11) is 3.28. The van der Waals surface area contributed by atoms with Crippen LogP contribution in [0.25, 0.3) is 10.2 Å². The fourth-order valence-electron chi connectivity index (χ4n) is 3.42. The number of hydrogen-bond donors (Lipinski definition) is 0. The lowest BCUT2D eigenvalue weighted by Gasteiger charge is -2.21. The molecule has 29 heavy (non-hydrogen) atoms. The Balaban J connectivity index is 1.66. The van der Waals surface area contributed by atoms with E-state index >= 15 is 0 Å². The van der Waals surface area contributed by atoms with Gasteiger partial charge in [0.15, 0.2) is 5.78 Å². The number of rotatable bonds is 6. The molecule has 1 aliphatic rings. The lowest BCUT2D eigenvalue weighted by atomic mass is 10.1. The van der Waals surface area contributed by atoms with Gasteiger partial charge < -0.3 is 14.4 Å². The molecule has 1 fully saturated rings. The fourth-order valence-corrected chi connectivity index (χ4v) is 4.25. The maximum Gasteiger partial charge on any atom is 0.231 e. The van der Waals surface area contributed by atoms with Crippen LogP contribution in [0.2, 0.25) is 0 Å². The van der Waals surface area contributed by atoms with Crippen molar-refractivity contribution >= 4 is 43.8 Å². The molecule has 0 atom stereocenters. The van der Waals surface area contributed by atoms with Crippen molar-refractivity contribution in [2.75, 3.05) is 32.2 Å². The van der Waals surface area contributed by atoms with E-state index in [1.807, 2.05) is 24.3 Å². The van der Waals surface area contributed by atoms with Crippen molar-refractivity contribution in [3.8, 4) is 11.5 Å². The van der Waals surface area contributed by atoms with Gasteiger partial charge in [-0.05, 0) is 38.0 Å². The number of ether oxygens (including phenoxy) is 2. The van der Waals surface area contributed by atoms with E-state index in [9.17, 15) is 4.79 Å². The normalized spacial score (nSPS) is 14.1. The molecule has 2 aromatic carbocycles. The number of thiazole rings is 1. The number of ketones is 1. The van der Waals surface area contributed by atoms with Gasteiger partial charge >= 0.3 is 0 Å². The van der Waals surface area contributed by atoms with Gasteiger partial charge in [0.2, 0.25) is 5.13 Å². The van der Waals surface area contributed by atoms with Crippen molar-refractivity contribution < 1.29 is 14.3 Å². The third-order valence-corrected chi connectivity index (χ3v) is 5.86. The Labute approximate surface area is 173 Å². The van der Waals surface area contributed by atoms with Gasteiger partial charge in [0.1, 0.15) is 17.2 Å². The van der Waals surface area contributed by atoms with E-state index < -0.39 is 0 Å². The second-order valence-corrected chi connectivity index (χ2v) is 7.83. The second kappa shape index (κ2) is 8.16. The Morgan fingerprint density at radius 2 is 1.83 bits per heavy atom. The molecule has 1 aliphatic heterocycles. The van der Waals surface area contributed by atoms with Gasteiger partial charge in [-0.25, -0.2) is 4.98 Å². The predicted octanol–water partition coefficient (Wildman–Crippen LogP) is 5.53. The van der Waals surface area contributed by atoms with Crippen LogP contribution in [-0.2, 0) is 0 Å². The van der Waals surface area contributed by atoms with Crippen molar-refractivity contribution in [2.24, 2.45) is 10.2 Å². The number of anilines is 1. The summed E-state index contributed by atoms with van der Waals surface area (Å²) in [5.74, 6) is 1.41. The molecule has 0 N–H and O–H groups in total. The predicted molar refractivity (Wildman–Crippen MR) is 115 cm³/mol. The summed E-state index contributed by atoms with van der Waals surface area (Å²) in [5, 5.41) is 9.18. The first-order chi connectivity index (χ1) is 14.1. The first-order valence-corrected chi connectivity index (χ1v) is 10.2. The molecule has 0 radical (unpaired) electrons. The molecule has 8 heteroatoms. The van der Waals surface area contributed by atoms with Crippen LogP contribution in [0.4, 0.5) is 16.5 Å². The summed E-state index contributed by atoms with van der Waals surface area (Å²) in [6.45, 7) is 3.57. The SMILES string of the molecule is COc1cc(N2CCCC2)c(OC)cc1N=Nc1nc2ccc(C(C)=O)cc2s1. The number of aromatic nitrogens is 1. The number of carbonyl (C=O) groups is 1. The van der Waals surface area contributed by atoms with E-state index in [2.05, 4.69) is 20.1 Å². The van der Waals surface area contributed by atoms with Crippen LogP contribution in [-0.4, -0.2) is 38.1 Å². The molecular weight excluding hydrogens is 388 g/mol. The lowest BCUT2D eigenvalue weighted by molar-refractivity contribution is 0.101. The smallest absolute Gasteiger partial charge is 0.231 e. The van der Waals surface area contributed by atoms with Crippen LogP contribution in [0.15, 0.2) is 40.6 Å². The maximum absolute atomic E-state index is 11.6. The highest BCUT2D eigenvalue weighted by Gasteiger charge is 2.19. The summed E-state index contributed by atoms with van der Waals surface area (Å²) >= 11 is 1.39. The van der Waals surface area contributed by atoms with Gasteiger partial charge in [0.25, 0.3) is 0 Å². The van der Waals surface area contributed by atoms with E-state index in [0.29, 0.717) is 22.1 Å². The molecule has 3 aromatic rings. The van der Waals surface area contributed by atoms with Gasteiger partial charge in [-0.15, -0.1) is 10.2 Å². The summed E-state index contributed by atoms with van der Waals surface area (Å²) in [6.07, 6.45) is 2.35. The topological polar surface area (TPSA) is 76.4 Å². The van der Waals surface area contributed by atoms with E-state index in [-0.39, 0.29) is 5.78 Å². The Hall–Kier alpha value is -3.00. The third kappa shape index (κ3) is 3.93. The Morgan fingerprint density at radius 1 is 1.07 bits per heavy atom. The number of benzene rings is 2. The number of Topliss-reactive ketones (excluding diaryl/α,β-unsaturated/α-hetero) is 1. The zero-order valence-electron chi connectivity index (χ0n) is 16.6. The Bertz CT molecular complexity index is 1090. The first-order valence-electron chi connectivity index (χ1n) is 9.43. The highest BCUT2D eigenvalue weighted by molar-refractivity contribution is 7.21. The molecular formula is C21H22N4O3S. The molecule has 150 valence electrons. The molecule has 0 bridgehead atoms. The minimum Gasteiger partial charge on any atom is -0.494 e. The standard InChI is InChI=1S/C21H22N4O3S/c1-13(26)14-6-7-15-20(10-14)29-21(22-15)24-23-16-11-19(28-3)17(12-18(16)27-2)25-8-4-5-9-25/h6-7,10-12H,4-5,8-9H2,1-3H3. The fraction of sp³-hybridized carbons (Fsp3) is 0.333. The largest absolute Gasteiger partial charge is 0.494 e. The molecule has 1 aromatic heterocycles. The summed E-state index contributed by atoms with van der Waals surface area (Å²) < 4.78 is 12.0. The number of methoxy groups -OCH3 is 2. The minimum atomic E-state index is 0.0263. The minimum absolute atomic E-state index is 0.0263. The van der Waals surface area contributed by atoms with Gasteiger partial charge in [0.05, 0.1) is 30.1 Å². The van der Waals surface area contributed by atoms with Crippen LogP contribution in [0.5, 0.6) is 11.5 Å². The van der Waals surface area contributed by atoms with Gasteiger partial charge in [-0.2, -0.15) is 0 Å². The third-order valence-electron chi connectivity index (χ3n) is 4.95. The summed E-state index contributed by atoms with van der Waals surface area (Å²) in [4.78, 5) is 18.3. The number of nitrogens with zero attached hydrogens (tertiary/aromatic N) is 4. The average molecular weight is 410 g/mol. The molecule has 0 spiro atoms. The van der Waals surface area contributed by atoms with Crippen molar-refractivity contribution in [2.45, 2.75) is 19.8 Å². The molecule has 0 aliphatic carbocycles. The van der Waals surface area contributed by atoms with E-state index in [1.54, 1.807) is 27.2 Å². The summed E-state index contributed by atoms with van der Waals surface area (Å²) in [6, 6.07) is 9.24. The number of azo groups is 1. The zero-order valence-corrected chi connectivity index (χ0v) is 17.5. The Kier molecular flexibility index (Phi) is 5.44. The molecule has 1 saturated heterocycles. The van der Waals surface area contributed by atoms with Crippen LogP contribution >= 0.6 is 11.3 Å². The number of carbonyl (C=O) groups excluding carboxylic acids is 1. The maximum atomic E-state index is 11.6. The molecule has 0 amide bonds. The van der Waals surface area contributed by atoms with Crippen molar-refractivity contribution in [3.63, 3.8) is 0 Å². The molecule has 2 heterocycles. The van der Waals surface area contributed by atoms with Crippen LogP contribution in [0, 0.1) is 0 Å².